The zero-order chi connectivity index (χ0) is 14.1. The molecule has 2 aromatic heterocycles. The van der Waals surface area contributed by atoms with Crippen molar-refractivity contribution in [2.75, 3.05) is 0 Å². The van der Waals surface area contributed by atoms with E-state index in [0.29, 0.717) is 11.3 Å². The summed E-state index contributed by atoms with van der Waals surface area (Å²) < 4.78 is 20.9. The van der Waals surface area contributed by atoms with Crippen LogP contribution in [0.4, 0.5) is 4.39 Å². The molecule has 0 unspecified atom stereocenters. The lowest BCUT2D eigenvalue weighted by molar-refractivity contribution is 0.269. The van der Waals surface area contributed by atoms with Crippen molar-refractivity contribution in [3.8, 4) is 11.6 Å². The Morgan fingerprint density at radius 3 is 2.90 bits per heavy atom. The molecular formula is C14H10ClFN2O2. The smallest absolute Gasteiger partial charge is 0.244 e. The monoisotopic (exact) mass is 292 g/mol. The molecule has 0 radical (unpaired) electrons. The average molecular weight is 293 g/mol. The molecule has 0 atom stereocenters. The fraction of sp³-hybridized carbons (Fsp3) is 0.0714. The molecule has 3 rings (SSSR count). The molecule has 0 aliphatic carbocycles. The van der Waals surface area contributed by atoms with Gasteiger partial charge in [0.05, 0.1) is 11.6 Å². The largest absolute Gasteiger partial charge is 0.434 e. The molecule has 0 aliphatic rings. The Kier molecular flexibility index (Phi) is 3.30. The van der Waals surface area contributed by atoms with E-state index in [9.17, 15) is 9.50 Å². The van der Waals surface area contributed by atoms with Gasteiger partial charge in [0.15, 0.2) is 11.6 Å². The molecule has 0 spiro atoms. The van der Waals surface area contributed by atoms with Crippen LogP contribution in [-0.2, 0) is 6.61 Å². The molecular weight excluding hydrogens is 283 g/mol. The van der Waals surface area contributed by atoms with E-state index in [1.807, 2.05) is 6.07 Å². The third kappa shape index (κ3) is 2.11. The van der Waals surface area contributed by atoms with E-state index in [-0.39, 0.29) is 23.3 Å². The van der Waals surface area contributed by atoms with Crippen molar-refractivity contribution < 1.29 is 14.2 Å². The summed E-state index contributed by atoms with van der Waals surface area (Å²) in [5, 5.41) is 9.42. The number of pyridine rings is 1. The Labute approximate surface area is 119 Å². The summed E-state index contributed by atoms with van der Waals surface area (Å²) in [6, 6.07) is 9.84. The molecule has 2 heterocycles. The number of halogens is 2. The third-order valence-corrected chi connectivity index (χ3v) is 3.16. The molecule has 0 amide bonds. The van der Waals surface area contributed by atoms with Gasteiger partial charge in [0.2, 0.25) is 5.88 Å². The van der Waals surface area contributed by atoms with Crippen LogP contribution in [0.5, 0.6) is 11.6 Å². The minimum absolute atomic E-state index is 0.0307. The number of imidazole rings is 1. The Morgan fingerprint density at radius 1 is 1.25 bits per heavy atom. The molecule has 1 N–H and O–H groups in total. The minimum atomic E-state index is -0.657. The predicted octanol–water partition coefficient (Wildman–Crippen LogP) is 3.41. The van der Waals surface area contributed by atoms with Crippen molar-refractivity contribution in [1.29, 1.82) is 0 Å². The summed E-state index contributed by atoms with van der Waals surface area (Å²) in [6.07, 6.45) is 1.75. The molecule has 3 aromatic rings. The van der Waals surface area contributed by atoms with Crippen molar-refractivity contribution in [2.45, 2.75) is 6.61 Å². The van der Waals surface area contributed by atoms with Gasteiger partial charge in [-0.25, -0.2) is 4.39 Å². The number of nitrogens with zero attached hydrogens (tertiary/aromatic N) is 2. The van der Waals surface area contributed by atoms with Crippen LogP contribution >= 0.6 is 11.6 Å². The molecule has 0 fully saturated rings. The number of aliphatic hydroxyl groups excluding tert-OH is 1. The molecule has 4 nitrogen and oxygen atoms in total. The lowest BCUT2D eigenvalue weighted by Gasteiger charge is -2.06. The van der Waals surface area contributed by atoms with Crippen LogP contribution < -0.4 is 4.74 Å². The first-order chi connectivity index (χ1) is 9.70. The van der Waals surface area contributed by atoms with Gasteiger partial charge in [0.1, 0.15) is 11.3 Å². The molecule has 20 heavy (non-hydrogen) atoms. The summed E-state index contributed by atoms with van der Waals surface area (Å²) in [7, 11) is 0. The number of hydrogen-bond donors (Lipinski definition) is 1. The van der Waals surface area contributed by atoms with Crippen LogP contribution in [0.1, 0.15) is 5.69 Å². The van der Waals surface area contributed by atoms with Crippen LogP contribution in [-0.4, -0.2) is 14.5 Å². The molecule has 0 bridgehead atoms. The summed E-state index contributed by atoms with van der Waals surface area (Å²) in [5.41, 5.74) is 1.05. The van der Waals surface area contributed by atoms with E-state index in [4.69, 9.17) is 16.3 Å². The second-order valence-electron chi connectivity index (χ2n) is 4.10. The third-order valence-electron chi connectivity index (χ3n) is 2.86. The van der Waals surface area contributed by atoms with E-state index in [0.717, 1.165) is 0 Å². The maximum Gasteiger partial charge on any atom is 0.244 e. The SMILES string of the molecule is OCc1c(Oc2cccc(Cl)c2F)nc2ccccn12. The van der Waals surface area contributed by atoms with Gasteiger partial charge >= 0.3 is 0 Å². The van der Waals surface area contributed by atoms with Gasteiger partial charge in [-0.05, 0) is 24.3 Å². The summed E-state index contributed by atoms with van der Waals surface area (Å²) in [4.78, 5) is 4.22. The molecule has 6 heteroatoms. The van der Waals surface area contributed by atoms with E-state index in [2.05, 4.69) is 4.98 Å². The maximum atomic E-state index is 13.8. The number of rotatable bonds is 3. The summed E-state index contributed by atoms with van der Waals surface area (Å²) in [6.45, 7) is -0.275. The van der Waals surface area contributed by atoms with E-state index < -0.39 is 5.82 Å². The minimum Gasteiger partial charge on any atom is -0.434 e. The lowest BCUT2D eigenvalue weighted by Crippen LogP contribution is -1.95. The first kappa shape index (κ1) is 12.9. The second kappa shape index (κ2) is 5.11. The number of benzene rings is 1. The molecule has 0 aliphatic heterocycles. The van der Waals surface area contributed by atoms with Gasteiger partial charge in [-0.15, -0.1) is 0 Å². The number of ether oxygens (including phenoxy) is 1. The quantitative estimate of drug-likeness (QED) is 0.804. The Bertz CT molecular complexity index is 773. The van der Waals surface area contributed by atoms with Crippen LogP contribution in [0.3, 0.4) is 0 Å². The van der Waals surface area contributed by atoms with Crippen molar-refractivity contribution >= 4 is 17.2 Å². The zero-order valence-electron chi connectivity index (χ0n) is 10.3. The Morgan fingerprint density at radius 2 is 2.10 bits per heavy atom. The summed E-state index contributed by atoms with van der Waals surface area (Å²) in [5.74, 6) is -0.536. The fourth-order valence-corrected chi connectivity index (χ4v) is 2.08. The Balaban J connectivity index is 2.08. The normalized spacial score (nSPS) is 10.9. The van der Waals surface area contributed by atoms with Gasteiger partial charge in [-0.2, -0.15) is 4.98 Å². The van der Waals surface area contributed by atoms with Crippen molar-refractivity contribution in [3.63, 3.8) is 0 Å². The van der Waals surface area contributed by atoms with Crippen LogP contribution in [0.15, 0.2) is 42.6 Å². The standard InChI is InChI=1S/C14H10ClFN2O2/c15-9-4-3-5-11(13(9)16)20-14-10(8-19)18-7-2-1-6-12(18)17-14/h1-7,19H,8H2. The van der Waals surface area contributed by atoms with Crippen molar-refractivity contribution in [3.05, 3.63) is 59.1 Å². The lowest BCUT2D eigenvalue weighted by atomic mass is 10.3. The highest BCUT2D eigenvalue weighted by Gasteiger charge is 2.16. The van der Waals surface area contributed by atoms with Crippen molar-refractivity contribution in [2.24, 2.45) is 0 Å². The van der Waals surface area contributed by atoms with Gasteiger partial charge in [-0.3, -0.25) is 4.40 Å². The van der Waals surface area contributed by atoms with E-state index in [1.165, 1.54) is 12.1 Å². The highest BCUT2D eigenvalue weighted by Crippen LogP contribution is 2.30. The number of aromatic nitrogens is 2. The highest BCUT2D eigenvalue weighted by molar-refractivity contribution is 6.30. The molecule has 0 saturated carbocycles. The molecule has 0 saturated heterocycles. The van der Waals surface area contributed by atoms with Crippen molar-refractivity contribution in [1.82, 2.24) is 9.38 Å². The topological polar surface area (TPSA) is 46.8 Å². The van der Waals surface area contributed by atoms with Gasteiger partial charge in [-0.1, -0.05) is 23.7 Å². The van der Waals surface area contributed by atoms with E-state index in [1.54, 1.807) is 28.8 Å². The first-order valence-corrected chi connectivity index (χ1v) is 6.27. The number of hydrogen-bond acceptors (Lipinski definition) is 3. The van der Waals surface area contributed by atoms with Crippen LogP contribution in [0.2, 0.25) is 5.02 Å². The predicted molar refractivity (Wildman–Crippen MR) is 72.6 cm³/mol. The van der Waals surface area contributed by atoms with Gasteiger partial charge < -0.3 is 9.84 Å². The van der Waals surface area contributed by atoms with Crippen LogP contribution in [0, 0.1) is 5.82 Å². The van der Waals surface area contributed by atoms with Gasteiger partial charge in [0, 0.05) is 6.20 Å². The zero-order valence-corrected chi connectivity index (χ0v) is 11.0. The second-order valence-corrected chi connectivity index (χ2v) is 4.51. The average Bonchev–Trinajstić information content (AvgIpc) is 2.81. The van der Waals surface area contributed by atoms with Gasteiger partial charge in [0.25, 0.3) is 0 Å². The summed E-state index contributed by atoms with van der Waals surface area (Å²) >= 11 is 5.70. The Hall–Kier alpha value is -2.11. The highest BCUT2D eigenvalue weighted by atomic mass is 35.5. The number of aliphatic hydroxyl groups is 1. The molecule has 1 aromatic carbocycles. The fourth-order valence-electron chi connectivity index (χ4n) is 1.92. The molecule has 102 valence electrons. The van der Waals surface area contributed by atoms with E-state index >= 15 is 0 Å². The number of fused-ring (bicyclic) bond motifs is 1. The maximum absolute atomic E-state index is 13.8. The van der Waals surface area contributed by atoms with Crippen LogP contribution in [0.25, 0.3) is 5.65 Å². The first-order valence-electron chi connectivity index (χ1n) is 5.89.